The summed E-state index contributed by atoms with van der Waals surface area (Å²) in [5.41, 5.74) is 1.25. The van der Waals surface area contributed by atoms with Gasteiger partial charge in [0.2, 0.25) is 0 Å². The maximum atomic E-state index is 10.9. The van der Waals surface area contributed by atoms with Gasteiger partial charge in [-0.1, -0.05) is 25.0 Å². The number of imidazole rings is 2. The van der Waals surface area contributed by atoms with Crippen LogP contribution < -0.4 is 0 Å². The molecule has 0 saturated heterocycles. The van der Waals surface area contributed by atoms with E-state index in [1.54, 1.807) is 12.1 Å². The van der Waals surface area contributed by atoms with Crippen molar-refractivity contribution in [1.29, 1.82) is 0 Å². The molecule has 0 bridgehead atoms. The van der Waals surface area contributed by atoms with Crippen LogP contribution in [0.3, 0.4) is 0 Å². The van der Waals surface area contributed by atoms with E-state index in [1.165, 1.54) is 12.8 Å². The molecule has 0 spiro atoms. The van der Waals surface area contributed by atoms with Crippen molar-refractivity contribution in [2.75, 3.05) is 0 Å². The van der Waals surface area contributed by atoms with E-state index in [4.69, 9.17) is 0 Å². The number of thioether (sulfide) groups is 1. The molecule has 1 saturated carbocycles. The summed E-state index contributed by atoms with van der Waals surface area (Å²) in [6, 6.07) is 7.54. The van der Waals surface area contributed by atoms with E-state index in [1.807, 2.05) is 48.9 Å². The van der Waals surface area contributed by atoms with Gasteiger partial charge in [0.25, 0.3) is 5.69 Å². The first-order valence-electron chi connectivity index (χ1n) is 9.52. The van der Waals surface area contributed by atoms with Gasteiger partial charge in [0, 0.05) is 47.9 Å². The predicted molar refractivity (Wildman–Crippen MR) is 109 cm³/mol. The van der Waals surface area contributed by atoms with Gasteiger partial charge in [0.05, 0.1) is 29.7 Å². The lowest BCUT2D eigenvalue weighted by Crippen LogP contribution is -2.29. The van der Waals surface area contributed by atoms with Crippen LogP contribution in [-0.4, -0.2) is 29.3 Å². The van der Waals surface area contributed by atoms with Gasteiger partial charge in [-0.3, -0.25) is 10.1 Å². The average molecular weight is 398 g/mol. The van der Waals surface area contributed by atoms with Gasteiger partial charge in [-0.2, -0.15) is 11.8 Å². The topological polar surface area (TPSA) is 78.8 Å². The Hall–Kier alpha value is -2.61. The Bertz CT molecular complexity index is 880. The second kappa shape index (κ2) is 8.60. The fourth-order valence-electron chi connectivity index (χ4n) is 4.01. The molecule has 28 heavy (non-hydrogen) atoms. The highest BCUT2D eigenvalue weighted by atomic mass is 32.2. The molecule has 1 aromatic carbocycles. The van der Waals surface area contributed by atoms with Gasteiger partial charge in [0.1, 0.15) is 0 Å². The molecule has 0 amide bonds. The minimum Gasteiger partial charge on any atom is -0.332 e. The third kappa shape index (κ3) is 4.11. The van der Waals surface area contributed by atoms with Crippen LogP contribution in [0.2, 0.25) is 0 Å². The number of hydrogen-bond acceptors (Lipinski definition) is 5. The molecular formula is C20H23N5O2S. The van der Waals surface area contributed by atoms with Gasteiger partial charge < -0.3 is 9.13 Å². The van der Waals surface area contributed by atoms with Crippen LogP contribution in [0, 0.1) is 10.1 Å². The van der Waals surface area contributed by atoms with E-state index >= 15 is 0 Å². The summed E-state index contributed by atoms with van der Waals surface area (Å²) in [7, 11) is 0. The molecule has 7 nitrogen and oxygen atoms in total. The summed E-state index contributed by atoms with van der Waals surface area (Å²) in [6.07, 6.45) is 16.3. The van der Waals surface area contributed by atoms with Crippen LogP contribution in [0.5, 0.6) is 0 Å². The van der Waals surface area contributed by atoms with Gasteiger partial charge in [0.15, 0.2) is 0 Å². The minimum absolute atomic E-state index is 0.139. The first kappa shape index (κ1) is 18.7. The Kier molecular flexibility index (Phi) is 5.76. The van der Waals surface area contributed by atoms with Crippen molar-refractivity contribution in [3.05, 3.63) is 77.4 Å². The minimum atomic E-state index is -0.354. The van der Waals surface area contributed by atoms with Crippen molar-refractivity contribution in [3.8, 4) is 0 Å². The number of rotatable bonds is 6. The summed E-state index contributed by atoms with van der Waals surface area (Å²) >= 11 is 1.93. The number of nitro groups is 1. The standard InChI is InChI=1S/C20H23N5O2S/c26-25(27)17-7-5-16(6-8-17)13-28-19-4-2-1-3-18(23-11-9-21-14-23)20(19)24-12-10-22-15-24/h5-12,14-15,18-20H,1-4,13H2. The molecule has 2 heterocycles. The van der Waals surface area contributed by atoms with E-state index in [0.717, 1.165) is 24.2 Å². The highest BCUT2D eigenvalue weighted by molar-refractivity contribution is 7.99. The average Bonchev–Trinajstić information content (AvgIpc) is 3.39. The van der Waals surface area contributed by atoms with Crippen LogP contribution >= 0.6 is 11.8 Å². The third-order valence-corrected chi connectivity index (χ3v) is 6.84. The van der Waals surface area contributed by atoms with Crippen LogP contribution in [0.4, 0.5) is 5.69 Å². The molecular weight excluding hydrogens is 374 g/mol. The number of nitro benzene ring substituents is 1. The smallest absolute Gasteiger partial charge is 0.269 e. The Balaban J connectivity index is 1.55. The highest BCUT2D eigenvalue weighted by Gasteiger charge is 2.34. The normalized spacial score (nSPS) is 22.6. The van der Waals surface area contributed by atoms with E-state index < -0.39 is 0 Å². The highest BCUT2D eigenvalue weighted by Crippen LogP contribution is 2.42. The predicted octanol–water partition coefficient (Wildman–Crippen LogP) is 4.65. The summed E-state index contributed by atoms with van der Waals surface area (Å²) in [4.78, 5) is 19.1. The molecule has 3 atom stereocenters. The largest absolute Gasteiger partial charge is 0.332 e. The number of hydrogen-bond donors (Lipinski definition) is 0. The lowest BCUT2D eigenvalue weighted by Gasteiger charge is -2.33. The lowest BCUT2D eigenvalue weighted by molar-refractivity contribution is -0.384. The monoisotopic (exact) mass is 397 g/mol. The zero-order chi connectivity index (χ0) is 19.3. The number of non-ortho nitro benzene ring substituents is 1. The molecule has 1 aliphatic carbocycles. The Labute approximate surface area is 168 Å². The van der Waals surface area contributed by atoms with Crippen LogP contribution in [0.25, 0.3) is 0 Å². The Morgan fingerprint density at radius 3 is 2.36 bits per heavy atom. The Morgan fingerprint density at radius 2 is 1.71 bits per heavy atom. The second-order valence-electron chi connectivity index (χ2n) is 7.14. The molecule has 0 radical (unpaired) electrons. The fourth-order valence-corrected chi connectivity index (χ4v) is 5.47. The SMILES string of the molecule is O=[N+]([O-])c1ccc(CSC2CCCCC(n3ccnc3)C2n2ccnc2)cc1. The Morgan fingerprint density at radius 1 is 1.04 bits per heavy atom. The van der Waals surface area contributed by atoms with Crippen molar-refractivity contribution >= 4 is 17.4 Å². The maximum absolute atomic E-state index is 10.9. The zero-order valence-corrected chi connectivity index (χ0v) is 16.3. The van der Waals surface area contributed by atoms with Crippen molar-refractivity contribution in [2.45, 2.75) is 48.8 Å². The number of nitrogens with zero attached hydrogens (tertiary/aromatic N) is 5. The maximum Gasteiger partial charge on any atom is 0.269 e. The van der Waals surface area contributed by atoms with E-state index in [2.05, 4.69) is 31.5 Å². The lowest BCUT2D eigenvalue weighted by atomic mass is 10.0. The van der Waals surface area contributed by atoms with Crippen molar-refractivity contribution < 1.29 is 4.92 Å². The van der Waals surface area contributed by atoms with Crippen LogP contribution in [-0.2, 0) is 5.75 Å². The van der Waals surface area contributed by atoms with E-state index in [-0.39, 0.29) is 10.6 Å². The number of aromatic nitrogens is 4. The van der Waals surface area contributed by atoms with Crippen molar-refractivity contribution in [3.63, 3.8) is 0 Å². The fraction of sp³-hybridized carbons (Fsp3) is 0.400. The molecule has 0 N–H and O–H groups in total. The zero-order valence-electron chi connectivity index (χ0n) is 15.5. The molecule has 2 aromatic heterocycles. The summed E-state index contributed by atoms with van der Waals surface area (Å²) in [6.45, 7) is 0. The first-order chi connectivity index (χ1) is 13.7. The first-order valence-corrected chi connectivity index (χ1v) is 10.6. The summed E-state index contributed by atoms with van der Waals surface area (Å²) in [5.74, 6) is 0.838. The summed E-state index contributed by atoms with van der Waals surface area (Å²) < 4.78 is 4.47. The van der Waals surface area contributed by atoms with Crippen LogP contribution in [0.1, 0.15) is 43.3 Å². The van der Waals surface area contributed by atoms with E-state index in [9.17, 15) is 10.1 Å². The molecule has 1 fully saturated rings. The van der Waals surface area contributed by atoms with Crippen LogP contribution in [0.15, 0.2) is 61.7 Å². The molecule has 8 heteroatoms. The molecule has 0 aliphatic heterocycles. The molecule has 1 aliphatic rings. The van der Waals surface area contributed by atoms with Crippen molar-refractivity contribution in [1.82, 2.24) is 19.1 Å². The van der Waals surface area contributed by atoms with Gasteiger partial charge in [-0.15, -0.1) is 0 Å². The van der Waals surface area contributed by atoms with Gasteiger partial charge in [-0.25, -0.2) is 9.97 Å². The van der Waals surface area contributed by atoms with Gasteiger partial charge >= 0.3 is 0 Å². The molecule has 3 aromatic rings. The van der Waals surface area contributed by atoms with E-state index in [0.29, 0.717) is 17.3 Å². The summed E-state index contributed by atoms with van der Waals surface area (Å²) in [5, 5.41) is 11.3. The molecule has 4 rings (SSSR count). The third-order valence-electron chi connectivity index (χ3n) is 5.40. The molecule has 146 valence electrons. The molecule has 3 unspecified atom stereocenters. The van der Waals surface area contributed by atoms with Gasteiger partial charge in [-0.05, 0) is 18.4 Å². The second-order valence-corrected chi connectivity index (χ2v) is 8.36. The quantitative estimate of drug-likeness (QED) is 0.344. The number of benzene rings is 1. The van der Waals surface area contributed by atoms with Crippen molar-refractivity contribution in [2.24, 2.45) is 0 Å².